The van der Waals surface area contributed by atoms with Crippen molar-refractivity contribution in [3.63, 3.8) is 0 Å². The number of fused-ring (bicyclic) bond motifs is 5. The lowest BCUT2D eigenvalue weighted by atomic mass is 9.84. The molecular weight excluding hydrogens is 725 g/mol. The number of hydrogen-bond acceptors (Lipinski definition) is 5. The Bertz CT molecular complexity index is 1550. The number of anilines is 2. The van der Waals surface area contributed by atoms with Crippen LogP contribution in [0.25, 0.3) is 0 Å². The zero-order valence-electron chi connectivity index (χ0n) is 20.8. The maximum Gasteiger partial charge on any atom is 0.316 e. The van der Waals surface area contributed by atoms with Gasteiger partial charge < -0.3 is 9.64 Å². The van der Waals surface area contributed by atoms with E-state index in [4.69, 9.17) is 74.3 Å². The van der Waals surface area contributed by atoms with Crippen LogP contribution in [0.3, 0.4) is 0 Å². The van der Waals surface area contributed by atoms with Gasteiger partial charge in [-0.1, -0.05) is 62.3 Å². The number of nitrogens with zero attached hydrogens (tertiary/aromatic N) is 2. The van der Waals surface area contributed by atoms with Crippen LogP contribution in [0.5, 0.6) is 5.75 Å². The molecule has 7 nitrogen and oxygen atoms in total. The second kappa shape index (κ2) is 9.74. The highest BCUT2D eigenvalue weighted by Gasteiger charge is 2.87. The van der Waals surface area contributed by atoms with Crippen LogP contribution in [0.2, 0.25) is 0 Å². The molecule has 41 heavy (non-hydrogen) atoms. The average Bonchev–Trinajstić information content (AvgIpc) is 3.50. The minimum absolute atomic E-state index is 0.00760. The number of benzene rings is 2. The molecule has 2 aliphatic carbocycles. The van der Waals surface area contributed by atoms with Gasteiger partial charge in [0.25, 0.3) is 0 Å². The van der Waals surface area contributed by atoms with Crippen molar-refractivity contribution in [1.82, 2.24) is 0 Å². The molecule has 5 atom stereocenters. The van der Waals surface area contributed by atoms with Gasteiger partial charge in [-0.15, -0.1) is 23.2 Å². The third-order valence-electron chi connectivity index (χ3n) is 8.13. The number of carbonyl (C=O) groups excluding carboxylic acids is 4. The van der Waals surface area contributed by atoms with Gasteiger partial charge in [0.2, 0.25) is 17.7 Å². The predicted molar refractivity (Wildman–Crippen MR) is 161 cm³/mol. The molecule has 2 saturated heterocycles. The van der Waals surface area contributed by atoms with E-state index in [0.29, 0.717) is 11.3 Å². The van der Waals surface area contributed by atoms with Crippen molar-refractivity contribution in [3.05, 3.63) is 62.6 Å². The first-order valence-electron chi connectivity index (χ1n) is 12.2. The van der Waals surface area contributed by atoms with Crippen LogP contribution in [-0.2, 0) is 19.2 Å². The van der Waals surface area contributed by atoms with E-state index in [2.05, 4.69) is 15.9 Å². The average molecular weight is 742 g/mol. The fourth-order valence-corrected chi connectivity index (χ4v) is 9.30. The molecule has 4 aliphatic rings. The summed E-state index contributed by atoms with van der Waals surface area (Å²) in [6.45, 7) is 1.82. The topological polar surface area (TPSA) is 84.0 Å². The molecule has 0 radical (unpaired) electrons. The zero-order chi connectivity index (χ0) is 29.8. The second-order valence-corrected chi connectivity index (χ2v) is 14.5. The largest absolute Gasteiger partial charge is 0.426 e. The van der Waals surface area contributed by atoms with E-state index in [-0.39, 0.29) is 40.4 Å². The highest BCUT2D eigenvalue weighted by Crippen LogP contribution is 2.77. The van der Waals surface area contributed by atoms with Gasteiger partial charge in [0.05, 0.1) is 33.5 Å². The first kappa shape index (κ1) is 29.5. The monoisotopic (exact) mass is 738 g/mol. The molecule has 6 rings (SSSR count). The van der Waals surface area contributed by atoms with Gasteiger partial charge >= 0.3 is 5.97 Å². The maximum absolute atomic E-state index is 13.7. The lowest BCUT2D eigenvalue weighted by Crippen LogP contribution is -2.50. The maximum atomic E-state index is 13.7. The summed E-state index contributed by atoms with van der Waals surface area (Å²) < 4.78 is 4.42. The van der Waals surface area contributed by atoms with E-state index in [1.807, 2.05) is 12.1 Å². The second-order valence-electron chi connectivity index (χ2n) is 10.3. The molecule has 3 fully saturated rings. The summed E-state index contributed by atoms with van der Waals surface area (Å²) in [6, 6.07) is 11.6. The van der Waals surface area contributed by atoms with Gasteiger partial charge in [-0.3, -0.25) is 19.2 Å². The number of allylic oxidation sites excluding steroid dienone is 2. The fraction of sp³-hybridized carbons (Fsp3) is 0.333. The summed E-state index contributed by atoms with van der Waals surface area (Å²) in [5, 5.41) is -0.346. The summed E-state index contributed by atoms with van der Waals surface area (Å²) in [5.41, 5.74) is 1.36. The molecule has 2 bridgehead atoms. The smallest absolute Gasteiger partial charge is 0.316 e. The van der Waals surface area contributed by atoms with Crippen molar-refractivity contribution in [1.29, 1.82) is 0 Å². The Morgan fingerprint density at radius 1 is 0.927 bits per heavy atom. The van der Waals surface area contributed by atoms with Crippen LogP contribution in [0.1, 0.15) is 12.0 Å². The van der Waals surface area contributed by atoms with Crippen LogP contribution in [0, 0.1) is 24.7 Å². The SMILES string of the molecule is Cc1cc(OC(=O)[C@@H]2CC(=O)N(c3ccc(Br)cc3)C2)ccc1N1C(=O)[C@@H]2[C@@H](C1=O)[C@@]1(Cl)C(Cl)=C(Cl)[C@@]2(Cl)C1(Cl)Cl. The lowest BCUT2D eigenvalue weighted by molar-refractivity contribution is -0.139. The highest BCUT2D eigenvalue weighted by atomic mass is 79.9. The number of rotatable bonds is 4. The van der Waals surface area contributed by atoms with Gasteiger partial charge in [-0.2, -0.15) is 0 Å². The molecule has 0 spiro atoms. The third kappa shape index (κ3) is 3.84. The first-order chi connectivity index (χ1) is 19.2. The van der Waals surface area contributed by atoms with Crippen LogP contribution in [0.15, 0.2) is 57.0 Å². The van der Waals surface area contributed by atoms with Crippen molar-refractivity contribution in [3.8, 4) is 5.75 Å². The number of alkyl halides is 4. The Balaban J connectivity index is 1.21. The molecule has 2 aromatic carbocycles. The summed E-state index contributed by atoms with van der Waals surface area (Å²) in [5.74, 6) is -5.14. The molecule has 2 aliphatic heterocycles. The van der Waals surface area contributed by atoms with Crippen molar-refractivity contribution >= 4 is 121 Å². The molecule has 2 heterocycles. The Morgan fingerprint density at radius 3 is 2.02 bits per heavy atom. The molecule has 1 saturated carbocycles. The van der Waals surface area contributed by atoms with E-state index >= 15 is 0 Å². The molecular formula is C27H17BrCl6N2O5. The number of imide groups is 1. The van der Waals surface area contributed by atoms with Gasteiger partial charge in [0.1, 0.15) is 15.5 Å². The van der Waals surface area contributed by atoms with Gasteiger partial charge in [-0.25, -0.2) is 4.90 Å². The Labute approximate surface area is 272 Å². The van der Waals surface area contributed by atoms with E-state index in [0.717, 1.165) is 9.37 Å². The number of aryl methyl sites for hydroxylation is 1. The van der Waals surface area contributed by atoms with Crippen molar-refractivity contribution < 1.29 is 23.9 Å². The summed E-state index contributed by atoms with van der Waals surface area (Å²) in [4.78, 5) is 51.5. The number of esters is 1. The van der Waals surface area contributed by atoms with Crippen molar-refractivity contribution in [2.24, 2.45) is 17.8 Å². The van der Waals surface area contributed by atoms with Gasteiger partial charge in [0.15, 0.2) is 4.33 Å². The molecule has 0 unspecified atom stereocenters. The number of amides is 3. The molecule has 0 N–H and O–H groups in total. The normalized spacial score (nSPS) is 31.9. The van der Waals surface area contributed by atoms with Crippen molar-refractivity contribution in [2.75, 3.05) is 16.3 Å². The fourth-order valence-electron chi connectivity index (χ4n) is 6.11. The Morgan fingerprint density at radius 2 is 1.49 bits per heavy atom. The molecule has 2 aromatic rings. The third-order valence-corrected chi connectivity index (χ3v) is 12.9. The van der Waals surface area contributed by atoms with Gasteiger partial charge in [0, 0.05) is 23.1 Å². The standard InChI is InChI=1S/C27H17BrCl6N2O5/c1-11-8-15(41-24(40)12-9-17(37)35(10-12)14-4-2-13(28)3-5-14)6-7-16(11)36-22(38)18-19(23(36)39)26(32)21(30)20(29)25(18,31)27(26,33)34/h2-8,12,18-19H,9-10H2,1H3/t12-,18+,19+,25-,26-/m1/s1. The molecule has 0 aromatic heterocycles. The Hall–Kier alpha value is -1.52. The summed E-state index contributed by atoms with van der Waals surface area (Å²) in [6.07, 6.45) is 0.00760. The highest BCUT2D eigenvalue weighted by molar-refractivity contribution is 9.10. The number of halogens is 7. The molecule has 3 amide bonds. The zero-order valence-corrected chi connectivity index (χ0v) is 26.9. The van der Waals surface area contributed by atoms with E-state index in [1.54, 1.807) is 24.0 Å². The molecule has 214 valence electrons. The minimum atomic E-state index is -2.02. The lowest BCUT2D eigenvalue weighted by Gasteiger charge is -2.34. The van der Waals surface area contributed by atoms with Crippen LogP contribution >= 0.6 is 85.5 Å². The van der Waals surface area contributed by atoms with E-state index < -0.39 is 49.6 Å². The van der Waals surface area contributed by atoms with E-state index in [9.17, 15) is 19.2 Å². The summed E-state index contributed by atoms with van der Waals surface area (Å²) >= 11 is 42.7. The van der Waals surface area contributed by atoms with Gasteiger partial charge in [-0.05, 0) is 55.0 Å². The quantitative estimate of drug-likeness (QED) is 0.152. The minimum Gasteiger partial charge on any atom is -0.426 e. The number of hydrogen-bond donors (Lipinski definition) is 0. The summed E-state index contributed by atoms with van der Waals surface area (Å²) in [7, 11) is 0. The van der Waals surface area contributed by atoms with E-state index in [1.165, 1.54) is 18.2 Å². The first-order valence-corrected chi connectivity index (χ1v) is 15.3. The van der Waals surface area contributed by atoms with Crippen molar-refractivity contribution in [2.45, 2.75) is 27.4 Å². The predicted octanol–water partition coefficient (Wildman–Crippen LogP) is 6.67. The van der Waals surface area contributed by atoms with Crippen LogP contribution < -0.4 is 14.5 Å². The Kier molecular flexibility index (Phi) is 7.02. The number of carbonyl (C=O) groups is 4. The molecule has 14 heteroatoms. The van der Waals surface area contributed by atoms with Crippen LogP contribution in [0.4, 0.5) is 11.4 Å². The number of ether oxygens (including phenoxy) is 1. The van der Waals surface area contributed by atoms with Crippen LogP contribution in [-0.4, -0.2) is 44.3 Å².